The molecular formula is C3H6Na2O4. The van der Waals surface area contributed by atoms with Crippen molar-refractivity contribution in [1.82, 2.24) is 0 Å². The molecule has 0 saturated heterocycles. The van der Waals surface area contributed by atoms with Crippen LogP contribution in [0.1, 0.15) is 6.42 Å². The second-order valence-electron chi connectivity index (χ2n) is 0.964. The fraction of sp³-hybridized carbons (Fsp3) is 0.333. The predicted molar refractivity (Wildman–Crippen MR) is 34.2 cm³/mol. The summed E-state index contributed by atoms with van der Waals surface area (Å²) in [7, 11) is 0. The summed E-state index contributed by atoms with van der Waals surface area (Å²) in [4.78, 5) is 18.9. The van der Waals surface area contributed by atoms with E-state index in [9.17, 15) is 9.59 Å². The van der Waals surface area contributed by atoms with E-state index in [0.717, 1.165) is 0 Å². The molecule has 4 nitrogen and oxygen atoms in total. The first-order valence-electron chi connectivity index (χ1n) is 1.56. The minimum absolute atomic E-state index is 0. The van der Waals surface area contributed by atoms with Crippen molar-refractivity contribution >= 4 is 71.1 Å². The van der Waals surface area contributed by atoms with Crippen LogP contribution < -0.4 is 0 Å². The van der Waals surface area contributed by atoms with Crippen molar-refractivity contribution in [1.29, 1.82) is 0 Å². The van der Waals surface area contributed by atoms with Gasteiger partial charge in [0.15, 0.2) is 0 Å². The first-order chi connectivity index (χ1) is 3.13. The summed E-state index contributed by atoms with van der Waals surface area (Å²) >= 11 is 0. The molecule has 0 rings (SSSR count). The summed E-state index contributed by atoms with van der Waals surface area (Å²) in [6, 6.07) is 0. The average Bonchev–Trinajstić information content (AvgIpc) is 1.27. The number of carboxylic acid groups (broad SMARTS) is 2. The summed E-state index contributed by atoms with van der Waals surface area (Å²) in [5.41, 5.74) is 0. The average molecular weight is 152 g/mol. The summed E-state index contributed by atoms with van der Waals surface area (Å²) in [6.07, 6.45) is -0.806. The van der Waals surface area contributed by atoms with E-state index in [1.54, 1.807) is 0 Å². The number of rotatable bonds is 2. The van der Waals surface area contributed by atoms with Crippen LogP contribution >= 0.6 is 0 Å². The fourth-order valence-corrected chi connectivity index (χ4v) is 0.129. The Morgan fingerprint density at radius 3 is 1.22 bits per heavy atom. The van der Waals surface area contributed by atoms with Crippen LogP contribution in [0.15, 0.2) is 0 Å². The first-order valence-corrected chi connectivity index (χ1v) is 1.56. The van der Waals surface area contributed by atoms with Gasteiger partial charge in [0.25, 0.3) is 0 Å². The minimum atomic E-state index is -1.31. The Morgan fingerprint density at radius 1 is 1.00 bits per heavy atom. The number of hydrogen-bond donors (Lipinski definition) is 2. The van der Waals surface area contributed by atoms with Crippen LogP contribution in [0.4, 0.5) is 0 Å². The van der Waals surface area contributed by atoms with E-state index < -0.39 is 18.4 Å². The van der Waals surface area contributed by atoms with Gasteiger partial charge in [-0.2, -0.15) is 0 Å². The molecular weight excluding hydrogens is 146 g/mol. The van der Waals surface area contributed by atoms with Crippen molar-refractivity contribution in [2.45, 2.75) is 6.42 Å². The Hall–Kier alpha value is 0.940. The molecule has 0 aromatic carbocycles. The zero-order valence-corrected chi connectivity index (χ0v) is 3.42. The van der Waals surface area contributed by atoms with E-state index >= 15 is 0 Å². The van der Waals surface area contributed by atoms with Crippen molar-refractivity contribution in [2.75, 3.05) is 0 Å². The topological polar surface area (TPSA) is 74.6 Å². The van der Waals surface area contributed by atoms with Gasteiger partial charge in [-0.1, -0.05) is 0 Å². The van der Waals surface area contributed by atoms with E-state index in [2.05, 4.69) is 0 Å². The molecule has 0 fully saturated rings. The van der Waals surface area contributed by atoms with Crippen molar-refractivity contribution in [3.05, 3.63) is 0 Å². The van der Waals surface area contributed by atoms with Crippen molar-refractivity contribution in [3.63, 3.8) is 0 Å². The number of hydrogen-bond acceptors (Lipinski definition) is 2. The van der Waals surface area contributed by atoms with E-state index in [-0.39, 0.29) is 59.1 Å². The van der Waals surface area contributed by atoms with Crippen LogP contribution in [-0.4, -0.2) is 81.3 Å². The molecule has 0 saturated carbocycles. The molecule has 0 aromatic heterocycles. The Morgan fingerprint density at radius 2 is 1.22 bits per heavy atom. The maximum absolute atomic E-state index is 9.43. The van der Waals surface area contributed by atoms with Crippen molar-refractivity contribution in [2.24, 2.45) is 0 Å². The van der Waals surface area contributed by atoms with Crippen molar-refractivity contribution in [3.8, 4) is 0 Å². The van der Waals surface area contributed by atoms with Gasteiger partial charge in [-0.3, -0.25) is 9.59 Å². The molecule has 6 heteroatoms. The van der Waals surface area contributed by atoms with Gasteiger partial charge in [-0.15, -0.1) is 0 Å². The molecule has 0 aliphatic carbocycles. The van der Waals surface area contributed by atoms with Crippen LogP contribution in [0.3, 0.4) is 0 Å². The molecule has 0 bridgehead atoms. The Bertz CT molecular complexity index is 90.0. The second kappa shape index (κ2) is 8.94. The van der Waals surface area contributed by atoms with Gasteiger partial charge in [0.2, 0.25) is 0 Å². The Labute approximate surface area is 96.2 Å². The van der Waals surface area contributed by atoms with Crippen LogP contribution in [0.5, 0.6) is 0 Å². The third kappa shape index (κ3) is 17.6. The van der Waals surface area contributed by atoms with Crippen LogP contribution in [0.2, 0.25) is 0 Å². The fourth-order valence-electron chi connectivity index (χ4n) is 0.129. The third-order valence-corrected chi connectivity index (χ3v) is 0.302. The number of aliphatic carboxylic acids is 2. The predicted octanol–water partition coefficient (Wildman–Crippen LogP) is -1.75. The number of carbonyl (C=O) groups is 2. The van der Waals surface area contributed by atoms with E-state index in [1.807, 2.05) is 0 Å². The van der Waals surface area contributed by atoms with Gasteiger partial charge in [0.1, 0.15) is 6.42 Å². The third-order valence-electron chi connectivity index (χ3n) is 0.302. The molecule has 0 atom stereocenters. The van der Waals surface area contributed by atoms with Gasteiger partial charge in [-0.25, -0.2) is 0 Å². The monoisotopic (exact) mass is 152 g/mol. The van der Waals surface area contributed by atoms with E-state index in [1.165, 1.54) is 0 Å². The van der Waals surface area contributed by atoms with Gasteiger partial charge in [-0.05, 0) is 0 Å². The van der Waals surface area contributed by atoms with Crippen LogP contribution in [0.25, 0.3) is 0 Å². The summed E-state index contributed by atoms with van der Waals surface area (Å²) < 4.78 is 0. The molecule has 0 unspecified atom stereocenters. The summed E-state index contributed by atoms with van der Waals surface area (Å²) in [6.45, 7) is 0. The quantitative estimate of drug-likeness (QED) is 0.363. The van der Waals surface area contributed by atoms with Crippen LogP contribution in [0, 0.1) is 0 Å². The molecule has 2 N–H and O–H groups in total. The first kappa shape index (κ1) is 16.5. The molecule has 0 radical (unpaired) electrons. The zero-order chi connectivity index (χ0) is 5.86. The van der Waals surface area contributed by atoms with Crippen molar-refractivity contribution < 1.29 is 19.8 Å². The maximum atomic E-state index is 9.43. The molecule has 44 valence electrons. The molecule has 0 aliphatic heterocycles. The van der Waals surface area contributed by atoms with E-state index in [0.29, 0.717) is 0 Å². The Kier molecular flexibility index (Phi) is 16.4. The molecule has 0 aliphatic rings. The number of carboxylic acids is 2. The van der Waals surface area contributed by atoms with Gasteiger partial charge in [0, 0.05) is 0 Å². The van der Waals surface area contributed by atoms with Gasteiger partial charge < -0.3 is 10.2 Å². The van der Waals surface area contributed by atoms with Crippen LogP contribution in [-0.2, 0) is 9.59 Å². The SMILES string of the molecule is O=C(O)CC(=O)O.[NaH].[NaH]. The second-order valence-corrected chi connectivity index (χ2v) is 0.964. The zero-order valence-electron chi connectivity index (χ0n) is 3.42. The normalized spacial score (nSPS) is 6.22. The summed E-state index contributed by atoms with van der Waals surface area (Å²) in [5, 5.41) is 15.4. The van der Waals surface area contributed by atoms with Gasteiger partial charge >= 0.3 is 71.1 Å². The van der Waals surface area contributed by atoms with E-state index in [4.69, 9.17) is 10.2 Å². The Balaban J connectivity index is -0.000000180. The molecule has 9 heavy (non-hydrogen) atoms. The van der Waals surface area contributed by atoms with Gasteiger partial charge in [0.05, 0.1) is 0 Å². The molecule has 0 spiro atoms. The molecule has 0 amide bonds. The standard InChI is InChI=1S/C3H4O4.2Na.2H/c4-2(5)1-3(6)7;;;;/h1H2,(H,4,5)(H,6,7);;;;. The molecule has 0 aromatic rings. The molecule has 0 heterocycles. The summed E-state index contributed by atoms with van der Waals surface area (Å²) in [5.74, 6) is -2.62.